The molecular formula is C23H25NO5. The molecule has 0 N–H and O–H groups in total. The first-order valence-electron chi connectivity index (χ1n) is 9.60. The summed E-state index contributed by atoms with van der Waals surface area (Å²) in [5, 5.41) is 0. The molecule has 0 atom stereocenters. The second-order valence-electron chi connectivity index (χ2n) is 6.68. The topological polar surface area (TPSA) is 65.1 Å². The summed E-state index contributed by atoms with van der Waals surface area (Å²) < 4.78 is 15.9. The van der Waals surface area contributed by atoms with Crippen LogP contribution < -0.4 is 14.4 Å². The standard InChI is InChI=1S/C23H25NO5/c1-5-24(6-2)17-9-7-16(8-10-17)13-20-22(26)18-11-12-19(15(3)23(18)29-20)28-21(25)14-27-4/h7-13H,5-6,14H2,1-4H3/b20-13-. The predicted octanol–water partition coefficient (Wildman–Crippen LogP) is 4.01. The lowest BCUT2D eigenvalue weighted by atomic mass is 10.1. The quantitative estimate of drug-likeness (QED) is 0.401. The Morgan fingerprint density at radius 3 is 2.41 bits per heavy atom. The first-order valence-corrected chi connectivity index (χ1v) is 9.60. The Labute approximate surface area is 170 Å². The van der Waals surface area contributed by atoms with Gasteiger partial charge in [0, 0.05) is 31.5 Å². The zero-order valence-corrected chi connectivity index (χ0v) is 17.2. The number of esters is 1. The summed E-state index contributed by atoms with van der Waals surface area (Å²) in [6.07, 6.45) is 1.73. The molecule has 0 saturated carbocycles. The molecule has 1 heterocycles. The number of ether oxygens (including phenoxy) is 3. The second-order valence-corrected chi connectivity index (χ2v) is 6.68. The smallest absolute Gasteiger partial charge is 0.337 e. The number of methoxy groups -OCH3 is 1. The first-order chi connectivity index (χ1) is 14.0. The van der Waals surface area contributed by atoms with Crippen LogP contribution in [-0.2, 0) is 9.53 Å². The van der Waals surface area contributed by atoms with E-state index >= 15 is 0 Å². The van der Waals surface area contributed by atoms with Crippen LogP contribution in [0.4, 0.5) is 5.69 Å². The molecule has 0 bridgehead atoms. The summed E-state index contributed by atoms with van der Waals surface area (Å²) in [5.41, 5.74) is 3.07. The molecule has 1 aliphatic heterocycles. The molecule has 2 aromatic rings. The maximum atomic E-state index is 12.7. The van der Waals surface area contributed by atoms with E-state index < -0.39 is 5.97 Å². The molecule has 0 unspecified atom stereocenters. The molecule has 2 aromatic carbocycles. The number of carbonyl (C=O) groups excluding carboxylic acids is 2. The average Bonchev–Trinajstić information content (AvgIpc) is 3.03. The minimum Gasteiger partial charge on any atom is -0.452 e. The predicted molar refractivity (Wildman–Crippen MR) is 112 cm³/mol. The number of benzene rings is 2. The maximum Gasteiger partial charge on any atom is 0.337 e. The van der Waals surface area contributed by atoms with Gasteiger partial charge in [-0.3, -0.25) is 4.79 Å². The van der Waals surface area contributed by atoms with Crippen LogP contribution >= 0.6 is 0 Å². The van der Waals surface area contributed by atoms with Crippen molar-refractivity contribution in [2.24, 2.45) is 0 Å². The number of anilines is 1. The van der Waals surface area contributed by atoms with Crippen molar-refractivity contribution in [1.82, 2.24) is 0 Å². The molecule has 0 aromatic heterocycles. The van der Waals surface area contributed by atoms with Crippen molar-refractivity contribution < 1.29 is 23.8 Å². The first kappa shape index (κ1) is 20.6. The van der Waals surface area contributed by atoms with Gasteiger partial charge in [-0.1, -0.05) is 12.1 Å². The SMILES string of the molecule is CCN(CC)c1ccc(/C=C2\Oc3c(ccc(OC(=O)COC)c3C)C2=O)cc1. The van der Waals surface area contributed by atoms with Crippen molar-refractivity contribution in [1.29, 1.82) is 0 Å². The van der Waals surface area contributed by atoms with Crippen LogP contribution in [0.3, 0.4) is 0 Å². The molecule has 0 aliphatic carbocycles. The van der Waals surface area contributed by atoms with Crippen molar-refractivity contribution in [3.8, 4) is 11.5 Å². The zero-order valence-electron chi connectivity index (χ0n) is 17.2. The summed E-state index contributed by atoms with van der Waals surface area (Å²) in [6.45, 7) is 7.71. The highest BCUT2D eigenvalue weighted by atomic mass is 16.6. The lowest BCUT2D eigenvalue weighted by molar-refractivity contribution is -0.138. The normalized spacial score (nSPS) is 13.9. The fourth-order valence-corrected chi connectivity index (χ4v) is 3.27. The van der Waals surface area contributed by atoms with Gasteiger partial charge in [0.2, 0.25) is 5.78 Å². The third-order valence-electron chi connectivity index (χ3n) is 4.84. The number of rotatable bonds is 7. The second kappa shape index (κ2) is 8.92. The summed E-state index contributed by atoms with van der Waals surface area (Å²) >= 11 is 0. The van der Waals surface area contributed by atoms with E-state index in [2.05, 4.69) is 18.7 Å². The highest BCUT2D eigenvalue weighted by Crippen LogP contribution is 2.39. The van der Waals surface area contributed by atoms with E-state index in [1.165, 1.54) is 7.11 Å². The van der Waals surface area contributed by atoms with Gasteiger partial charge in [0.05, 0.1) is 5.56 Å². The lowest BCUT2D eigenvalue weighted by Gasteiger charge is -2.20. The van der Waals surface area contributed by atoms with E-state index in [0.29, 0.717) is 22.6 Å². The highest BCUT2D eigenvalue weighted by Gasteiger charge is 2.30. The Morgan fingerprint density at radius 1 is 1.10 bits per heavy atom. The van der Waals surface area contributed by atoms with Gasteiger partial charge in [-0.2, -0.15) is 0 Å². The van der Waals surface area contributed by atoms with E-state index in [1.807, 2.05) is 24.3 Å². The Morgan fingerprint density at radius 2 is 1.79 bits per heavy atom. The molecule has 1 aliphatic rings. The maximum absolute atomic E-state index is 12.7. The van der Waals surface area contributed by atoms with E-state index in [4.69, 9.17) is 14.2 Å². The molecule has 0 amide bonds. The van der Waals surface area contributed by atoms with Crippen molar-refractivity contribution >= 4 is 23.5 Å². The van der Waals surface area contributed by atoms with Gasteiger partial charge in [0.1, 0.15) is 18.1 Å². The number of fused-ring (bicyclic) bond motifs is 1. The van der Waals surface area contributed by atoms with Crippen LogP contribution in [0.25, 0.3) is 6.08 Å². The van der Waals surface area contributed by atoms with Crippen LogP contribution in [0, 0.1) is 6.92 Å². The average molecular weight is 395 g/mol. The Balaban J connectivity index is 1.83. The number of ketones is 1. The Kier molecular flexibility index (Phi) is 6.34. The molecule has 152 valence electrons. The van der Waals surface area contributed by atoms with Crippen molar-refractivity contribution in [2.45, 2.75) is 20.8 Å². The van der Waals surface area contributed by atoms with Crippen LogP contribution in [0.5, 0.6) is 11.5 Å². The summed E-state index contributed by atoms with van der Waals surface area (Å²) in [5.74, 6) is 0.320. The van der Waals surface area contributed by atoms with Gasteiger partial charge >= 0.3 is 5.97 Å². The van der Waals surface area contributed by atoms with Crippen LogP contribution in [0.2, 0.25) is 0 Å². The molecular weight excluding hydrogens is 370 g/mol. The molecule has 0 radical (unpaired) electrons. The van der Waals surface area contributed by atoms with E-state index in [-0.39, 0.29) is 18.1 Å². The number of hydrogen-bond donors (Lipinski definition) is 0. The molecule has 6 nitrogen and oxygen atoms in total. The number of Topliss-reactive ketones (excluding diaryl/α,β-unsaturated/α-hetero) is 1. The Hall–Kier alpha value is -3.12. The van der Waals surface area contributed by atoms with Gasteiger partial charge < -0.3 is 19.1 Å². The van der Waals surface area contributed by atoms with Crippen molar-refractivity contribution in [2.75, 3.05) is 31.7 Å². The number of hydrogen-bond acceptors (Lipinski definition) is 6. The minimum absolute atomic E-state index is 0.148. The van der Waals surface area contributed by atoms with Crippen LogP contribution in [-0.4, -0.2) is 38.6 Å². The van der Waals surface area contributed by atoms with E-state index in [9.17, 15) is 9.59 Å². The summed E-state index contributed by atoms with van der Waals surface area (Å²) in [6, 6.07) is 11.2. The van der Waals surface area contributed by atoms with Crippen LogP contribution in [0.1, 0.15) is 35.3 Å². The van der Waals surface area contributed by atoms with Crippen LogP contribution in [0.15, 0.2) is 42.2 Å². The lowest BCUT2D eigenvalue weighted by Crippen LogP contribution is -2.21. The summed E-state index contributed by atoms with van der Waals surface area (Å²) in [7, 11) is 1.42. The summed E-state index contributed by atoms with van der Waals surface area (Å²) in [4.78, 5) is 26.7. The fraction of sp³-hybridized carbons (Fsp3) is 0.304. The molecule has 3 rings (SSSR count). The van der Waals surface area contributed by atoms with E-state index in [0.717, 1.165) is 24.3 Å². The fourth-order valence-electron chi connectivity index (χ4n) is 3.27. The minimum atomic E-state index is -0.510. The molecule has 29 heavy (non-hydrogen) atoms. The van der Waals surface area contributed by atoms with Crippen molar-refractivity contribution in [3.63, 3.8) is 0 Å². The van der Waals surface area contributed by atoms with Gasteiger partial charge in [-0.05, 0) is 56.7 Å². The highest BCUT2D eigenvalue weighted by molar-refractivity contribution is 6.15. The number of carbonyl (C=O) groups is 2. The van der Waals surface area contributed by atoms with Gasteiger partial charge in [-0.15, -0.1) is 0 Å². The third-order valence-corrected chi connectivity index (χ3v) is 4.84. The molecule has 0 spiro atoms. The largest absolute Gasteiger partial charge is 0.452 e. The monoisotopic (exact) mass is 395 g/mol. The third kappa shape index (κ3) is 4.32. The van der Waals surface area contributed by atoms with Gasteiger partial charge in [0.15, 0.2) is 5.76 Å². The Bertz CT molecular complexity index is 942. The molecule has 6 heteroatoms. The van der Waals surface area contributed by atoms with Gasteiger partial charge in [0.25, 0.3) is 0 Å². The number of nitrogens with zero attached hydrogens (tertiary/aromatic N) is 1. The van der Waals surface area contributed by atoms with E-state index in [1.54, 1.807) is 25.1 Å². The van der Waals surface area contributed by atoms with Crippen molar-refractivity contribution in [3.05, 3.63) is 58.8 Å². The zero-order chi connectivity index (χ0) is 21.0. The molecule has 0 fully saturated rings. The van der Waals surface area contributed by atoms with Gasteiger partial charge in [-0.25, -0.2) is 4.79 Å². The molecule has 0 saturated heterocycles. The number of allylic oxidation sites excluding steroid dienone is 1.